The first kappa shape index (κ1) is 7.83. The molecular weight excluding hydrogens is 130 g/mol. The van der Waals surface area contributed by atoms with E-state index in [9.17, 15) is 14.9 Å². The van der Waals surface area contributed by atoms with Crippen molar-refractivity contribution in [3.8, 4) is 0 Å². The first-order valence-electron chi connectivity index (χ1n) is 1.97. The number of carbonyl (C=O) groups excluding carboxylic acids is 1. The first-order chi connectivity index (χ1) is 4.22. The summed E-state index contributed by atoms with van der Waals surface area (Å²) in [6, 6.07) is 0. The zero-order valence-corrected chi connectivity index (χ0v) is 4.64. The maximum atomic E-state index is 9.72. The van der Waals surface area contributed by atoms with Crippen LogP contribution in [0, 0.1) is 10.1 Å². The van der Waals surface area contributed by atoms with Crippen molar-refractivity contribution >= 4 is 6.47 Å². The molecule has 0 aliphatic carbocycles. The highest BCUT2D eigenvalue weighted by atomic mass is 16.8. The van der Waals surface area contributed by atoms with Gasteiger partial charge in [0.1, 0.15) is 0 Å². The predicted molar refractivity (Wildman–Crippen MR) is 24.9 cm³/mol. The molecule has 1 unspecified atom stereocenters. The molecule has 0 N–H and O–H groups in total. The van der Waals surface area contributed by atoms with Gasteiger partial charge in [0.25, 0.3) is 6.47 Å². The molecule has 1 atom stereocenters. The smallest absolute Gasteiger partial charge is 0.377 e. The van der Waals surface area contributed by atoms with Crippen LogP contribution in [0.15, 0.2) is 0 Å². The molecule has 6 nitrogen and oxygen atoms in total. The van der Waals surface area contributed by atoms with Crippen LogP contribution >= 0.6 is 0 Å². The third kappa shape index (κ3) is 2.60. The Labute approximate surface area is 50.5 Å². The van der Waals surface area contributed by atoms with E-state index in [1.807, 2.05) is 0 Å². The van der Waals surface area contributed by atoms with E-state index in [-0.39, 0.29) is 6.47 Å². The largest absolute Gasteiger partial charge is 0.476 e. The minimum atomic E-state index is -1.68. The summed E-state index contributed by atoms with van der Waals surface area (Å²) in [7, 11) is 1.07. The molecule has 0 saturated heterocycles. The highest BCUT2D eigenvalue weighted by Crippen LogP contribution is 1.89. The van der Waals surface area contributed by atoms with Crippen molar-refractivity contribution in [2.45, 2.75) is 6.41 Å². The third-order valence-electron chi connectivity index (χ3n) is 0.546. The molecule has 0 aliphatic rings. The summed E-state index contributed by atoms with van der Waals surface area (Å²) in [6.45, 7) is -0.0447. The van der Waals surface area contributed by atoms with Gasteiger partial charge in [-0.05, 0) is 0 Å². The van der Waals surface area contributed by atoms with Crippen LogP contribution in [0.1, 0.15) is 0 Å². The summed E-state index contributed by atoms with van der Waals surface area (Å²) in [5, 5.41) is 9.72. The van der Waals surface area contributed by atoms with Crippen molar-refractivity contribution in [2.24, 2.45) is 0 Å². The van der Waals surface area contributed by atoms with Gasteiger partial charge in [0.2, 0.25) is 0 Å². The Morgan fingerprint density at radius 1 is 1.78 bits per heavy atom. The van der Waals surface area contributed by atoms with E-state index >= 15 is 0 Å². The van der Waals surface area contributed by atoms with Crippen molar-refractivity contribution in [2.75, 3.05) is 7.11 Å². The van der Waals surface area contributed by atoms with Gasteiger partial charge in [0.05, 0.1) is 4.92 Å². The lowest BCUT2D eigenvalue weighted by Crippen LogP contribution is -2.24. The number of ether oxygens (including phenoxy) is 2. The number of hydrogen-bond acceptors (Lipinski definition) is 5. The predicted octanol–water partition coefficient (Wildman–Crippen LogP) is -0.634. The Hall–Kier alpha value is -1.17. The molecule has 6 heteroatoms. The van der Waals surface area contributed by atoms with Gasteiger partial charge in [-0.25, -0.2) is 0 Å². The van der Waals surface area contributed by atoms with Crippen molar-refractivity contribution in [3.63, 3.8) is 0 Å². The molecule has 0 heterocycles. The van der Waals surface area contributed by atoms with Gasteiger partial charge in [-0.3, -0.25) is 19.6 Å². The van der Waals surface area contributed by atoms with E-state index < -0.39 is 11.3 Å². The van der Waals surface area contributed by atoms with Crippen LogP contribution in [0.3, 0.4) is 0 Å². The zero-order valence-electron chi connectivity index (χ0n) is 4.64. The van der Waals surface area contributed by atoms with Crippen LogP contribution < -0.4 is 0 Å². The summed E-state index contributed by atoms with van der Waals surface area (Å²) >= 11 is 0. The van der Waals surface area contributed by atoms with Gasteiger partial charge in [-0.15, -0.1) is 0 Å². The number of rotatable bonds is 4. The minimum absolute atomic E-state index is 0.0447. The van der Waals surface area contributed by atoms with Crippen molar-refractivity contribution < 1.29 is 19.2 Å². The standard InChI is InChI=1S/C3H5NO5/c1-8-3(4(6)7)9-2-5/h2-3H,1H3. The lowest BCUT2D eigenvalue weighted by molar-refractivity contribution is -0.621. The molecule has 0 fully saturated rings. The summed E-state index contributed by atoms with van der Waals surface area (Å²) in [6.07, 6.45) is -1.68. The SMILES string of the molecule is COC(OC=O)[N+](=O)[O-]. The maximum Gasteiger partial charge on any atom is 0.476 e. The Morgan fingerprint density at radius 2 is 2.33 bits per heavy atom. The summed E-state index contributed by atoms with van der Waals surface area (Å²) in [5.74, 6) is 0. The van der Waals surface area contributed by atoms with Crippen LogP contribution in [0.25, 0.3) is 0 Å². The van der Waals surface area contributed by atoms with Crippen LogP contribution in [0.2, 0.25) is 0 Å². The van der Waals surface area contributed by atoms with Gasteiger partial charge in [-0.1, -0.05) is 0 Å². The highest BCUT2D eigenvalue weighted by molar-refractivity contribution is 5.36. The lowest BCUT2D eigenvalue weighted by atomic mass is 11.1. The Bertz CT molecular complexity index is 113. The summed E-state index contributed by atoms with van der Waals surface area (Å²) < 4.78 is 7.95. The fourth-order valence-corrected chi connectivity index (χ4v) is 0.239. The molecule has 9 heavy (non-hydrogen) atoms. The Balaban J connectivity index is 3.67. The summed E-state index contributed by atoms with van der Waals surface area (Å²) in [4.78, 5) is 18.3. The number of hydrogen-bond donors (Lipinski definition) is 0. The second kappa shape index (κ2) is 3.79. The normalized spacial score (nSPS) is 12.1. The molecule has 0 spiro atoms. The van der Waals surface area contributed by atoms with E-state index in [4.69, 9.17) is 0 Å². The molecule has 0 amide bonds. The van der Waals surface area contributed by atoms with E-state index in [1.165, 1.54) is 0 Å². The monoisotopic (exact) mass is 135 g/mol. The molecule has 52 valence electrons. The number of nitro groups is 1. The molecule has 0 rings (SSSR count). The van der Waals surface area contributed by atoms with E-state index in [1.54, 1.807) is 0 Å². The van der Waals surface area contributed by atoms with Crippen molar-refractivity contribution in [1.82, 2.24) is 0 Å². The fraction of sp³-hybridized carbons (Fsp3) is 0.667. The molecule has 0 aliphatic heterocycles. The van der Waals surface area contributed by atoms with Gasteiger partial charge < -0.3 is 4.74 Å². The summed E-state index contributed by atoms with van der Waals surface area (Å²) in [5.41, 5.74) is 0. The topological polar surface area (TPSA) is 78.7 Å². The lowest BCUT2D eigenvalue weighted by Gasteiger charge is -2.01. The second-order valence-electron chi connectivity index (χ2n) is 1.06. The van der Waals surface area contributed by atoms with E-state index in [0.717, 1.165) is 7.11 Å². The molecule has 0 aromatic heterocycles. The van der Waals surface area contributed by atoms with Gasteiger partial charge in [0.15, 0.2) is 0 Å². The molecule has 0 saturated carbocycles. The second-order valence-corrected chi connectivity index (χ2v) is 1.06. The maximum absolute atomic E-state index is 9.72. The van der Waals surface area contributed by atoms with Crippen LogP contribution in [0.5, 0.6) is 0 Å². The number of nitrogens with zero attached hydrogens (tertiary/aromatic N) is 1. The van der Waals surface area contributed by atoms with Gasteiger partial charge in [0, 0.05) is 7.11 Å². The highest BCUT2D eigenvalue weighted by Gasteiger charge is 2.18. The van der Waals surface area contributed by atoms with Crippen molar-refractivity contribution in [1.29, 1.82) is 0 Å². The molecular formula is C3H5NO5. The fourth-order valence-electron chi connectivity index (χ4n) is 0.239. The first-order valence-corrected chi connectivity index (χ1v) is 1.97. The van der Waals surface area contributed by atoms with Gasteiger partial charge >= 0.3 is 6.41 Å². The van der Waals surface area contributed by atoms with Crippen LogP contribution in [-0.4, -0.2) is 24.9 Å². The average Bonchev–Trinajstić information content (AvgIpc) is 1.82. The van der Waals surface area contributed by atoms with Crippen molar-refractivity contribution in [3.05, 3.63) is 10.1 Å². The van der Waals surface area contributed by atoms with Gasteiger partial charge in [-0.2, -0.15) is 0 Å². The average molecular weight is 135 g/mol. The third-order valence-corrected chi connectivity index (χ3v) is 0.546. The molecule has 0 bridgehead atoms. The molecule has 0 radical (unpaired) electrons. The number of carbonyl (C=O) groups is 1. The molecule has 0 aromatic carbocycles. The van der Waals surface area contributed by atoms with E-state index in [0.29, 0.717) is 0 Å². The Morgan fingerprint density at radius 3 is 2.44 bits per heavy atom. The Kier molecular flexibility index (Phi) is 3.29. The zero-order chi connectivity index (χ0) is 7.28. The van der Waals surface area contributed by atoms with Crippen LogP contribution in [-0.2, 0) is 14.3 Å². The quantitative estimate of drug-likeness (QED) is 0.222. The minimum Gasteiger partial charge on any atom is -0.377 e. The molecule has 0 aromatic rings. The van der Waals surface area contributed by atoms with E-state index in [2.05, 4.69) is 9.47 Å². The van der Waals surface area contributed by atoms with Crippen LogP contribution in [0.4, 0.5) is 0 Å². The number of methoxy groups -OCH3 is 1.